The van der Waals surface area contributed by atoms with E-state index in [1.807, 2.05) is 78.9 Å². The van der Waals surface area contributed by atoms with Gasteiger partial charge in [0, 0.05) is 43.3 Å². The molecule has 1 saturated heterocycles. The Kier molecular flexibility index (Phi) is 8.00. The molecule has 0 bridgehead atoms. The lowest BCUT2D eigenvalue weighted by atomic mass is 9.73. The average Bonchev–Trinajstić information content (AvgIpc) is 3.61. The van der Waals surface area contributed by atoms with Gasteiger partial charge in [-0.15, -0.1) is 0 Å². The van der Waals surface area contributed by atoms with Gasteiger partial charge in [-0.05, 0) is 41.6 Å². The van der Waals surface area contributed by atoms with E-state index < -0.39 is 24.0 Å². The molecule has 6 rings (SSSR count). The fourth-order valence-corrected chi connectivity index (χ4v) is 6.96. The van der Waals surface area contributed by atoms with Crippen molar-refractivity contribution in [1.29, 1.82) is 0 Å². The van der Waals surface area contributed by atoms with Gasteiger partial charge in [0.2, 0.25) is 11.0 Å². The first kappa shape index (κ1) is 28.4. The summed E-state index contributed by atoms with van der Waals surface area (Å²) < 4.78 is 43.9. The number of unbranched alkanes of at least 4 members (excludes halogenated alkanes) is 1. The number of aromatic nitrogens is 2. The number of carbonyl (C=O) groups excluding carboxylic acids is 1. The Morgan fingerprint density at radius 2 is 1.48 bits per heavy atom. The monoisotopic (exact) mass is 591 g/mol. The average molecular weight is 592 g/mol. The molecule has 0 atom stereocenters. The van der Waals surface area contributed by atoms with E-state index in [1.165, 1.54) is 11.5 Å². The predicted octanol–water partition coefficient (Wildman–Crippen LogP) is 6.14. The number of hydrogen-bond donors (Lipinski definition) is 1. The molecule has 1 aromatic heterocycles. The number of anilines is 1. The lowest BCUT2D eigenvalue weighted by molar-refractivity contribution is -0.141. The van der Waals surface area contributed by atoms with Crippen LogP contribution in [0.1, 0.15) is 30.4 Å². The molecule has 3 aromatic carbocycles. The Hall–Kier alpha value is -3.76. The van der Waals surface area contributed by atoms with Gasteiger partial charge in [-0.2, -0.15) is 22.5 Å². The standard InChI is InChI=1S/C32H32F3N5OS/c33-32(34,35)22-36-29(41)31(26-14-6-4-12-24(26)25-13-5-7-15-27(25)31)16-8-9-17-39-18-20-40(21-19-39)30-37-28(38-42-30)23-10-2-1-3-11-23/h1-7,10-15H,8-9,16-22H2,(H,36,41). The van der Waals surface area contributed by atoms with Gasteiger partial charge in [0.25, 0.3) is 0 Å². The number of alkyl halides is 3. The summed E-state index contributed by atoms with van der Waals surface area (Å²) in [6.07, 6.45) is -2.49. The van der Waals surface area contributed by atoms with E-state index in [0.29, 0.717) is 12.8 Å². The first-order chi connectivity index (χ1) is 20.3. The highest BCUT2D eigenvalue weighted by atomic mass is 32.1. The van der Waals surface area contributed by atoms with Crippen LogP contribution in [0, 0.1) is 0 Å². The normalized spacial score (nSPS) is 16.2. The third-order valence-electron chi connectivity index (χ3n) is 8.27. The summed E-state index contributed by atoms with van der Waals surface area (Å²) in [6.45, 7) is 3.01. The van der Waals surface area contributed by atoms with Gasteiger partial charge in [-0.25, -0.2) is 0 Å². The van der Waals surface area contributed by atoms with Gasteiger partial charge in [0.15, 0.2) is 5.82 Å². The van der Waals surface area contributed by atoms with Crippen LogP contribution in [0.2, 0.25) is 0 Å². The summed E-state index contributed by atoms with van der Waals surface area (Å²) in [6, 6.07) is 25.2. The molecule has 0 saturated carbocycles. The first-order valence-corrected chi connectivity index (χ1v) is 15.0. The van der Waals surface area contributed by atoms with Crippen LogP contribution in [-0.4, -0.2) is 65.6 Å². The Bertz CT molecular complexity index is 1490. The summed E-state index contributed by atoms with van der Waals surface area (Å²) in [7, 11) is 0. The van der Waals surface area contributed by atoms with E-state index in [1.54, 1.807) is 0 Å². The minimum atomic E-state index is -4.48. The number of benzene rings is 3. The van der Waals surface area contributed by atoms with Gasteiger partial charge in [0.05, 0.1) is 0 Å². The van der Waals surface area contributed by atoms with Crippen molar-refractivity contribution < 1.29 is 18.0 Å². The number of fused-ring (bicyclic) bond motifs is 3. The number of carbonyl (C=O) groups is 1. The number of rotatable bonds is 9. The summed E-state index contributed by atoms with van der Waals surface area (Å²) in [5.74, 6) is 0.166. The van der Waals surface area contributed by atoms with Gasteiger partial charge < -0.3 is 10.2 Å². The third kappa shape index (κ3) is 5.65. The van der Waals surface area contributed by atoms with Crippen molar-refractivity contribution in [3.05, 3.63) is 90.0 Å². The SMILES string of the molecule is O=C(NCC(F)(F)F)C1(CCCCN2CCN(c3nc(-c4ccccc4)ns3)CC2)c2ccccc2-c2ccccc21. The maximum Gasteiger partial charge on any atom is 0.405 e. The van der Waals surface area contributed by atoms with Crippen LogP contribution in [0.4, 0.5) is 18.3 Å². The van der Waals surface area contributed by atoms with E-state index in [2.05, 4.69) is 19.5 Å². The van der Waals surface area contributed by atoms with Crippen LogP contribution in [0.15, 0.2) is 78.9 Å². The topological polar surface area (TPSA) is 61.4 Å². The second kappa shape index (κ2) is 11.9. The maximum atomic E-state index is 13.7. The minimum absolute atomic E-state index is 0.442. The van der Waals surface area contributed by atoms with E-state index in [0.717, 1.165) is 77.9 Å². The summed E-state index contributed by atoms with van der Waals surface area (Å²) >= 11 is 1.42. The first-order valence-electron chi connectivity index (χ1n) is 14.3. The van der Waals surface area contributed by atoms with Crippen LogP contribution < -0.4 is 10.2 Å². The van der Waals surface area contributed by atoms with Gasteiger partial charge in [-0.1, -0.05) is 85.3 Å². The van der Waals surface area contributed by atoms with Crippen molar-refractivity contribution in [2.24, 2.45) is 0 Å². The molecule has 1 N–H and O–H groups in total. The molecule has 4 aromatic rings. The zero-order chi connectivity index (χ0) is 29.2. The molecule has 0 spiro atoms. The quantitative estimate of drug-likeness (QED) is 0.237. The number of nitrogens with zero attached hydrogens (tertiary/aromatic N) is 4. The smallest absolute Gasteiger partial charge is 0.346 e. The number of nitrogens with one attached hydrogen (secondary N) is 1. The summed E-state index contributed by atoms with van der Waals surface area (Å²) in [5, 5.41) is 3.15. The molecule has 1 aliphatic carbocycles. The highest BCUT2D eigenvalue weighted by Crippen LogP contribution is 2.51. The zero-order valence-corrected chi connectivity index (χ0v) is 23.9. The molecule has 1 aliphatic heterocycles. The molecule has 10 heteroatoms. The second-order valence-electron chi connectivity index (χ2n) is 10.8. The second-order valence-corrected chi connectivity index (χ2v) is 11.6. The van der Waals surface area contributed by atoms with Crippen LogP contribution in [-0.2, 0) is 10.2 Å². The predicted molar refractivity (Wildman–Crippen MR) is 160 cm³/mol. The highest BCUT2D eigenvalue weighted by molar-refractivity contribution is 7.09. The van der Waals surface area contributed by atoms with Crippen LogP contribution in [0.25, 0.3) is 22.5 Å². The number of piperazine rings is 1. The van der Waals surface area contributed by atoms with E-state index in [4.69, 9.17) is 4.98 Å². The summed E-state index contributed by atoms with van der Waals surface area (Å²) in [5.41, 5.74) is 3.26. The third-order valence-corrected chi connectivity index (χ3v) is 9.04. The van der Waals surface area contributed by atoms with E-state index >= 15 is 0 Å². The zero-order valence-electron chi connectivity index (χ0n) is 23.1. The number of halogens is 3. The Morgan fingerprint density at radius 3 is 2.12 bits per heavy atom. The molecular formula is C32H32F3N5OS. The molecule has 2 aliphatic rings. The van der Waals surface area contributed by atoms with Crippen molar-refractivity contribution in [3.63, 3.8) is 0 Å². The molecule has 6 nitrogen and oxygen atoms in total. The molecular weight excluding hydrogens is 559 g/mol. The van der Waals surface area contributed by atoms with Crippen molar-refractivity contribution in [1.82, 2.24) is 19.6 Å². The molecule has 2 heterocycles. The molecule has 42 heavy (non-hydrogen) atoms. The molecule has 1 fully saturated rings. The Labute approximate surface area is 247 Å². The summed E-state index contributed by atoms with van der Waals surface area (Å²) in [4.78, 5) is 23.1. The van der Waals surface area contributed by atoms with Crippen molar-refractivity contribution in [2.75, 3.05) is 44.2 Å². The Morgan fingerprint density at radius 1 is 0.857 bits per heavy atom. The molecule has 1 amide bonds. The molecule has 0 radical (unpaired) electrons. The van der Waals surface area contributed by atoms with Crippen molar-refractivity contribution in [2.45, 2.75) is 30.9 Å². The minimum Gasteiger partial charge on any atom is -0.346 e. The van der Waals surface area contributed by atoms with E-state index in [-0.39, 0.29) is 0 Å². The van der Waals surface area contributed by atoms with Crippen molar-refractivity contribution >= 4 is 22.6 Å². The number of amides is 1. The lowest BCUT2D eigenvalue weighted by Crippen LogP contribution is -2.47. The van der Waals surface area contributed by atoms with Gasteiger partial charge in [-0.3, -0.25) is 9.69 Å². The van der Waals surface area contributed by atoms with Gasteiger partial charge >= 0.3 is 6.18 Å². The van der Waals surface area contributed by atoms with Crippen LogP contribution in [0.3, 0.4) is 0 Å². The van der Waals surface area contributed by atoms with Gasteiger partial charge in [0.1, 0.15) is 12.0 Å². The van der Waals surface area contributed by atoms with Crippen LogP contribution in [0.5, 0.6) is 0 Å². The van der Waals surface area contributed by atoms with Crippen molar-refractivity contribution in [3.8, 4) is 22.5 Å². The fourth-order valence-electron chi connectivity index (χ4n) is 6.22. The fraction of sp³-hybridized carbons (Fsp3) is 0.344. The number of hydrogen-bond acceptors (Lipinski definition) is 6. The highest BCUT2D eigenvalue weighted by Gasteiger charge is 2.49. The van der Waals surface area contributed by atoms with Crippen LogP contribution >= 0.6 is 11.5 Å². The lowest BCUT2D eigenvalue weighted by Gasteiger charge is -2.35. The maximum absolute atomic E-state index is 13.7. The molecule has 218 valence electrons. The largest absolute Gasteiger partial charge is 0.405 e. The Balaban J connectivity index is 1.09. The molecule has 0 unspecified atom stereocenters. The van der Waals surface area contributed by atoms with E-state index in [9.17, 15) is 18.0 Å².